The summed E-state index contributed by atoms with van der Waals surface area (Å²) in [5.41, 5.74) is 2.11. The maximum absolute atomic E-state index is 13.2. The van der Waals surface area contributed by atoms with Crippen LogP contribution in [0.1, 0.15) is 55.3 Å². The van der Waals surface area contributed by atoms with E-state index in [2.05, 4.69) is 17.1 Å². The number of hydrogen-bond acceptors (Lipinski definition) is 3. The number of nitrogens with zero attached hydrogens (tertiary/aromatic N) is 3. The topological polar surface area (TPSA) is 33.1 Å². The summed E-state index contributed by atoms with van der Waals surface area (Å²) >= 11 is 0. The van der Waals surface area contributed by atoms with Crippen LogP contribution in [0.4, 0.5) is 19.0 Å². The fourth-order valence-electron chi connectivity index (χ4n) is 4.38. The molecule has 0 atom stereocenters. The lowest BCUT2D eigenvalue weighted by molar-refractivity contribution is -0.137. The van der Waals surface area contributed by atoms with Gasteiger partial charge in [-0.2, -0.15) is 18.3 Å². The average Bonchev–Trinajstić information content (AvgIpc) is 2.88. The molecule has 0 bridgehead atoms. The maximum Gasteiger partial charge on any atom is 0.416 e. The zero-order valence-electron chi connectivity index (χ0n) is 16.2. The monoisotopic (exact) mass is 392 g/mol. The number of hydrogen-bond donors (Lipinski definition) is 1. The minimum atomic E-state index is -4.36. The molecule has 4 nitrogen and oxygen atoms in total. The summed E-state index contributed by atoms with van der Waals surface area (Å²) in [6.07, 6.45) is 0.827. The number of benzene rings is 1. The van der Waals surface area contributed by atoms with E-state index in [-0.39, 0.29) is 0 Å². The van der Waals surface area contributed by atoms with Gasteiger partial charge in [0.2, 0.25) is 0 Å². The highest BCUT2D eigenvalue weighted by Gasteiger charge is 2.32. The summed E-state index contributed by atoms with van der Waals surface area (Å²) in [7, 11) is 0. The fraction of sp³-hybridized carbons (Fsp3) is 0.571. The van der Waals surface area contributed by atoms with Crippen LogP contribution in [0.2, 0.25) is 0 Å². The second-order valence-electron chi connectivity index (χ2n) is 7.76. The summed E-state index contributed by atoms with van der Waals surface area (Å²) in [6.45, 7) is 6.18. The van der Waals surface area contributed by atoms with Crippen LogP contribution in [0.5, 0.6) is 0 Å². The smallest absolute Gasteiger partial charge is 0.370 e. The molecular weight excluding hydrogens is 365 g/mol. The Bertz CT molecular complexity index is 820. The van der Waals surface area contributed by atoms with Crippen molar-refractivity contribution in [3.63, 3.8) is 0 Å². The van der Waals surface area contributed by atoms with Crippen LogP contribution in [0.3, 0.4) is 0 Å². The molecule has 0 saturated carbocycles. The van der Waals surface area contributed by atoms with Gasteiger partial charge >= 0.3 is 6.18 Å². The van der Waals surface area contributed by atoms with Crippen molar-refractivity contribution < 1.29 is 13.2 Å². The van der Waals surface area contributed by atoms with E-state index in [1.807, 2.05) is 0 Å². The number of piperidine rings is 1. The molecule has 152 valence electrons. The van der Waals surface area contributed by atoms with Gasteiger partial charge in [0.05, 0.1) is 16.9 Å². The van der Waals surface area contributed by atoms with Crippen molar-refractivity contribution in [1.29, 1.82) is 0 Å². The molecule has 3 heterocycles. The van der Waals surface area contributed by atoms with Gasteiger partial charge in [0, 0.05) is 18.0 Å². The SMILES string of the molecule is CCN1CCC(c2nn(-c3cccc(C(F)(F)F)c3)c3c2CCCCN3)CC1. The average molecular weight is 392 g/mol. The second kappa shape index (κ2) is 7.78. The van der Waals surface area contributed by atoms with Crippen molar-refractivity contribution >= 4 is 5.82 Å². The molecule has 4 rings (SSSR count). The molecule has 0 amide bonds. The Hall–Kier alpha value is -2.02. The molecule has 0 unspecified atom stereocenters. The molecule has 28 heavy (non-hydrogen) atoms. The summed E-state index contributed by atoms with van der Waals surface area (Å²) in [6, 6.07) is 5.48. The van der Waals surface area contributed by atoms with Crippen LogP contribution in [0.15, 0.2) is 24.3 Å². The van der Waals surface area contributed by atoms with Gasteiger partial charge in [0.25, 0.3) is 0 Å². The molecule has 2 aliphatic heterocycles. The standard InChI is InChI=1S/C21H27F3N4/c1-2-27-12-9-15(10-13-27)19-18-8-3-4-11-25-20(18)28(26-19)17-7-5-6-16(14-17)21(22,23)24/h5-7,14-15,25H,2-4,8-13H2,1H3. The predicted octanol–water partition coefficient (Wildman–Crippen LogP) is 4.84. The fourth-order valence-corrected chi connectivity index (χ4v) is 4.38. The van der Waals surface area contributed by atoms with E-state index in [0.717, 1.165) is 75.9 Å². The first kappa shape index (κ1) is 19.3. The molecule has 2 aromatic rings. The molecule has 1 fully saturated rings. The molecule has 1 aromatic carbocycles. The second-order valence-corrected chi connectivity index (χ2v) is 7.76. The molecule has 7 heteroatoms. The number of aromatic nitrogens is 2. The number of halogens is 3. The van der Waals surface area contributed by atoms with Gasteiger partial charge in [-0.25, -0.2) is 4.68 Å². The first-order chi connectivity index (χ1) is 13.5. The summed E-state index contributed by atoms with van der Waals surface area (Å²) in [4.78, 5) is 2.44. The Labute approximate surface area is 163 Å². The summed E-state index contributed by atoms with van der Waals surface area (Å²) in [5, 5.41) is 8.31. The Balaban J connectivity index is 1.73. The molecule has 0 radical (unpaired) electrons. The summed E-state index contributed by atoms with van der Waals surface area (Å²) in [5.74, 6) is 1.26. The minimum Gasteiger partial charge on any atom is -0.370 e. The Morgan fingerprint density at radius 1 is 1.18 bits per heavy atom. The first-order valence-corrected chi connectivity index (χ1v) is 10.2. The van der Waals surface area contributed by atoms with Crippen molar-refractivity contribution in [1.82, 2.24) is 14.7 Å². The third-order valence-corrected chi connectivity index (χ3v) is 6.00. The lowest BCUT2D eigenvalue weighted by Crippen LogP contribution is -2.33. The van der Waals surface area contributed by atoms with Crippen LogP contribution in [0, 0.1) is 0 Å². The molecule has 1 saturated heterocycles. The highest BCUT2D eigenvalue weighted by molar-refractivity contribution is 5.55. The number of likely N-dealkylation sites (tertiary alicyclic amines) is 1. The van der Waals surface area contributed by atoms with Gasteiger partial charge in [-0.1, -0.05) is 13.0 Å². The highest BCUT2D eigenvalue weighted by Crippen LogP contribution is 2.37. The van der Waals surface area contributed by atoms with Crippen molar-refractivity contribution in [2.24, 2.45) is 0 Å². The predicted molar refractivity (Wildman–Crippen MR) is 104 cm³/mol. The van der Waals surface area contributed by atoms with E-state index in [4.69, 9.17) is 5.10 Å². The van der Waals surface area contributed by atoms with Gasteiger partial charge in [-0.05, 0) is 69.9 Å². The summed E-state index contributed by atoms with van der Waals surface area (Å²) < 4.78 is 41.3. The molecule has 2 aliphatic rings. The lowest BCUT2D eigenvalue weighted by atomic mass is 9.90. The van der Waals surface area contributed by atoms with E-state index < -0.39 is 11.7 Å². The van der Waals surface area contributed by atoms with Crippen molar-refractivity contribution in [2.45, 2.75) is 51.1 Å². The zero-order chi connectivity index (χ0) is 19.7. The third-order valence-electron chi connectivity index (χ3n) is 6.00. The quantitative estimate of drug-likeness (QED) is 0.812. The Morgan fingerprint density at radius 2 is 1.96 bits per heavy atom. The number of nitrogens with one attached hydrogen (secondary N) is 1. The Morgan fingerprint density at radius 3 is 2.68 bits per heavy atom. The molecule has 0 spiro atoms. The number of anilines is 1. The van der Waals surface area contributed by atoms with Gasteiger partial charge in [0.15, 0.2) is 0 Å². The van der Waals surface area contributed by atoms with Crippen molar-refractivity contribution in [3.05, 3.63) is 41.1 Å². The molecule has 0 aliphatic carbocycles. The third kappa shape index (κ3) is 3.77. The van der Waals surface area contributed by atoms with Crippen LogP contribution in [0.25, 0.3) is 5.69 Å². The van der Waals surface area contributed by atoms with E-state index >= 15 is 0 Å². The number of rotatable bonds is 3. The molecular formula is C21H27F3N4. The van der Waals surface area contributed by atoms with Crippen LogP contribution >= 0.6 is 0 Å². The Kier molecular flexibility index (Phi) is 5.36. The van der Waals surface area contributed by atoms with E-state index in [9.17, 15) is 13.2 Å². The van der Waals surface area contributed by atoms with E-state index in [1.54, 1.807) is 10.7 Å². The maximum atomic E-state index is 13.2. The van der Waals surface area contributed by atoms with Gasteiger partial charge in [-0.3, -0.25) is 0 Å². The van der Waals surface area contributed by atoms with Crippen LogP contribution in [-0.4, -0.2) is 40.9 Å². The van der Waals surface area contributed by atoms with Gasteiger partial charge in [0.1, 0.15) is 5.82 Å². The molecule has 1 aromatic heterocycles. The van der Waals surface area contributed by atoms with Crippen molar-refractivity contribution in [3.8, 4) is 5.69 Å². The lowest BCUT2D eigenvalue weighted by Gasteiger charge is -2.30. The van der Waals surface area contributed by atoms with E-state index in [0.29, 0.717) is 11.6 Å². The van der Waals surface area contributed by atoms with Gasteiger partial charge in [-0.15, -0.1) is 0 Å². The normalized spacial score (nSPS) is 19.1. The largest absolute Gasteiger partial charge is 0.416 e. The van der Waals surface area contributed by atoms with Crippen LogP contribution < -0.4 is 5.32 Å². The van der Waals surface area contributed by atoms with Crippen LogP contribution in [-0.2, 0) is 12.6 Å². The van der Waals surface area contributed by atoms with Crippen molar-refractivity contribution in [2.75, 3.05) is 31.5 Å². The number of alkyl halides is 3. The van der Waals surface area contributed by atoms with Gasteiger partial charge < -0.3 is 10.2 Å². The highest BCUT2D eigenvalue weighted by atomic mass is 19.4. The molecule has 1 N–H and O–H groups in total. The first-order valence-electron chi connectivity index (χ1n) is 10.2. The number of fused-ring (bicyclic) bond motifs is 1. The minimum absolute atomic E-state index is 0.378. The van der Waals surface area contributed by atoms with E-state index in [1.165, 1.54) is 17.7 Å². The zero-order valence-corrected chi connectivity index (χ0v) is 16.2.